The molecule has 1 aliphatic rings. The van der Waals surface area contributed by atoms with Crippen molar-refractivity contribution in [1.29, 1.82) is 0 Å². The number of nitrogens with one attached hydrogen (secondary N) is 1. The molecule has 0 aliphatic carbocycles. The van der Waals surface area contributed by atoms with Gasteiger partial charge in [0.05, 0.1) is 0 Å². The van der Waals surface area contributed by atoms with E-state index in [0.29, 0.717) is 6.04 Å². The molecule has 19 heavy (non-hydrogen) atoms. The summed E-state index contributed by atoms with van der Waals surface area (Å²) >= 11 is 2.37. The Bertz CT molecular complexity index is 358. The summed E-state index contributed by atoms with van der Waals surface area (Å²) in [5.41, 5.74) is 1.43. The van der Waals surface area contributed by atoms with Crippen molar-refractivity contribution in [2.24, 2.45) is 0 Å². The van der Waals surface area contributed by atoms with E-state index < -0.39 is 0 Å². The number of hydrogen-bond donors (Lipinski definition) is 1. The summed E-state index contributed by atoms with van der Waals surface area (Å²) in [6, 6.07) is 9.64. The van der Waals surface area contributed by atoms with Gasteiger partial charge in [0.2, 0.25) is 0 Å². The lowest BCUT2D eigenvalue weighted by atomic mass is 10.0. The van der Waals surface area contributed by atoms with Crippen LogP contribution in [-0.4, -0.2) is 30.6 Å². The van der Waals surface area contributed by atoms with E-state index in [1.54, 1.807) is 0 Å². The maximum Gasteiger partial charge on any atom is 0.0234 e. The maximum atomic E-state index is 3.66. The van der Waals surface area contributed by atoms with Crippen molar-refractivity contribution in [3.63, 3.8) is 0 Å². The minimum absolute atomic E-state index is 0.698. The highest BCUT2D eigenvalue weighted by Gasteiger charge is 2.16. The number of piperidine rings is 1. The van der Waals surface area contributed by atoms with Crippen LogP contribution in [0.3, 0.4) is 0 Å². The maximum absolute atomic E-state index is 3.66. The molecule has 1 aliphatic heterocycles. The molecule has 1 aromatic carbocycles. The molecule has 2 nitrogen and oxygen atoms in total. The lowest BCUT2D eigenvalue weighted by molar-refractivity contribution is 0.217. The van der Waals surface area contributed by atoms with Crippen molar-refractivity contribution in [1.82, 2.24) is 10.2 Å². The minimum Gasteiger partial charge on any atom is -0.313 e. The Balaban J connectivity index is 1.89. The monoisotopic (exact) mass is 372 g/mol. The highest BCUT2D eigenvalue weighted by molar-refractivity contribution is 14.1. The Morgan fingerprint density at radius 1 is 1.26 bits per heavy atom. The lowest BCUT2D eigenvalue weighted by Crippen LogP contribution is -2.43. The van der Waals surface area contributed by atoms with Gasteiger partial charge in [0.25, 0.3) is 0 Å². The van der Waals surface area contributed by atoms with Crippen LogP contribution in [0.15, 0.2) is 24.3 Å². The van der Waals surface area contributed by atoms with E-state index >= 15 is 0 Å². The molecule has 1 saturated heterocycles. The molecular formula is C16H25IN2. The van der Waals surface area contributed by atoms with Gasteiger partial charge in [-0.05, 0) is 72.6 Å². The van der Waals surface area contributed by atoms with Crippen LogP contribution in [-0.2, 0) is 6.54 Å². The highest BCUT2D eigenvalue weighted by atomic mass is 127. The number of hydrogen-bond acceptors (Lipinski definition) is 2. The number of benzene rings is 1. The van der Waals surface area contributed by atoms with E-state index in [0.717, 1.165) is 6.54 Å². The molecule has 0 spiro atoms. The fourth-order valence-corrected chi connectivity index (χ4v) is 3.15. The van der Waals surface area contributed by atoms with Crippen molar-refractivity contribution in [2.45, 2.75) is 45.2 Å². The van der Waals surface area contributed by atoms with Crippen LogP contribution in [0.2, 0.25) is 0 Å². The highest BCUT2D eigenvalue weighted by Crippen LogP contribution is 2.13. The summed E-state index contributed by atoms with van der Waals surface area (Å²) < 4.78 is 1.32. The molecule has 1 aromatic rings. The van der Waals surface area contributed by atoms with Gasteiger partial charge in [0.1, 0.15) is 0 Å². The van der Waals surface area contributed by atoms with E-state index in [1.807, 2.05) is 0 Å². The molecule has 0 radical (unpaired) electrons. The second kappa shape index (κ2) is 8.22. The third-order valence-electron chi connectivity index (χ3n) is 3.75. The first-order valence-electron chi connectivity index (χ1n) is 7.48. The largest absolute Gasteiger partial charge is 0.313 e. The van der Waals surface area contributed by atoms with Crippen LogP contribution in [0.5, 0.6) is 0 Å². The first-order valence-corrected chi connectivity index (χ1v) is 8.56. The molecule has 1 unspecified atom stereocenters. The van der Waals surface area contributed by atoms with Crippen LogP contribution in [0.4, 0.5) is 0 Å². The average Bonchev–Trinajstić information content (AvgIpc) is 2.43. The molecule has 1 N–H and O–H groups in total. The summed E-state index contributed by atoms with van der Waals surface area (Å²) in [7, 11) is 0. The van der Waals surface area contributed by atoms with Crippen LogP contribution in [0.1, 0.15) is 38.2 Å². The van der Waals surface area contributed by atoms with Gasteiger partial charge < -0.3 is 5.32 Å². The Morgan fingerprint density at radius 2 is 2.05 bits per heavy atom. The molecule has 1 atom stereocenters. The van der Waals surface area contributed by atoms with Gasteiger partial charge in [-0.15, -0.1) is 0 Å². The zero-order valence-electron chi connectivity index (χ0n) is 11.9. The molecule has 0 bridgehead atoms. The summed E-state index contributed by atoms with van der Waals surface area (Å²) in [5, 5.41) is 3.66. The van der Waals surface area contributed by atoms with E-state index in [2.05, 4.69) is 64.0 Å². The van der Waals surface area contributed by atoms with Gasteiger partial charge >= 0.3 is 0 Å². The smallest absolute Gasteiger partial charge is 0.0234 e. The molecule has 2 rings (SSSR count). The second-order valence-corrected chi connectivity index (χ2v) is 6.75. The van der Waals surface area contributed by atoms with Crippen LogP contribution in [0.25, 0.3) is 0 Å². The van der Waals surface area contributed by atoms with E-state index in [4.69, 9.17) is 0 Å². The minimum atomic E-state index is 0.698. The van der Waals surface area contributed by atoms with Gasteiger partial charge in [-0.3, -0.25) is 4.90 Å². The third-order valence-corrected chi connectivity index (χ3v) is 4.47. The first kappa shape index (κ1) is 15.3. The normalized spacial score (nSPS) is 19.8. The fourth-order valence-electron chi connectivity index (χ4n) is 2.79. The summed E-state index contributed by atoms with van der Waals surface area (Å²) in [4.78, 5) is 2.60. The average molecular weight is 372 g/mol. The second-order valence-electron chi connectivity index (χ2n) is 5.51. The predicted molar refractivity (Wildman–Crippen MR) is 90.4 cm³/mol. The Hall–Kier alpha value is -0.130. The quantitative estimate of drug-likeness (QED) is 0.767. The summed E-state index contributed by atoms with van der Waals surface area (Å²) in [6.07, 6.45) is 5.31. The van der Waals surface area contributed by atoms with Gasteiger partial charge in [-0.1, -0.05) is 25.5 Å². The summed E-state index contributed by atoms with van der Waals surface area (Å²) in [6.45, 7) is 6.95. The number of halogens is 1. The van der Waals surface area contributed by atoms with Gasteiger partial charge in [-0.25, -0.2) is 0 Å². The van der Waals surface area contributed by atoms with Crippen molar-refractivity contribution in [3.8, 4) is 0 Å². The molecule has 3 heteroatoms. The first-order chi connectivity index (χ1) is 9.28. The van der Waals surface area contributed by atoms with Gasteiger partial charge in [0.15, 0.2) is 0 Å². The zero-order valence-corrected chi connectivity index (χ0v) is 14.0. The van der Waals surface area contributed by atoms with E-state index in [9.17, 15) is 0 Å². The SMILES string of the molecule is CCCN(Cc1ccc(I)cc1)CC1CCCCN1. The van der Waals surface area contributed by atoms with E-state index in [-0.39, 0.29) is 0 Å². The van der Waals surface area contributed by atoms with Crippen LogP contribution in [0, 0.1) is 3.57 Å². The van der Waals surface area contributed by atoms with Crippen molar-refractivity contribution >= 4 is 22.6 Å². The standard InChI is InChI=1S/C16H25IN2/c1-2-11-19(13-16-5-3-4-10-18-16)12-14-6-8-15(17)9-7-14/h6-9,16,18H,2-5,10-13H2,1H3. The fraction of sp³-hybridized carbons (Fsp3) is 0.625. The van der Waals surface area contributed by atoms with Crippen molar-refractivity contribution < 1.29 is 0 Å². The van der Waals surface area contributed by atoms with Crippen LogP contribution < -0.4 is 5.32 Å². The molecule has 1 fully saturated rings. The van der Waals surface area contributed by atoms with Crippen LogP contribution >= 0.6 is 22.6 Å². The molecule has 106 valence electrons. The lowest BCUT2D eigenvalue weighted by Gasteiger charge is -2.30. The predicted octanol–water partition coefficient (Wildman–Crippen LogP) is 3.65. The molecular weight excluding hydrogens is 347 g/mol. The zero-order chi connectivity index (χ0) is 13.5. The molecule has 0 aromatic heterocycles. The number of rotatable bonds is 6. The topological polar surface area (TPSA) is 15.3 Å². The molecule has 1 heterocycles. The Labute approximate surface area is 131 Å². The van der Waals surface area contributed by atoms with Gasteiger partial charge in [0, 0.05) is 22.7 Å². The van der Waals surface area contributed by atoms with Gasteiger partial charge in [-0.2, -0.15) is 0 Å². The number of nitrogens with zero attached hydrogens (tertiary/aromatic N) is 1. The van der Waals surface area contributed by atoms with Crippen molar-refractivity contribution in [2.75, 3.05) is 19.6 Å². The third kappa shape index (κ3) is 5.40. The molecule has 0 saturated carbocycles. The molecule has 0 amide bonds. The van der Waals surface area contributed by atoms with Crippen molar-refractivity contribution in [3.05, 3.63) is 33.4 Å². The van der Waals surface area contributed by atoms with E-state index in [1.165, 1.54) is 54.5 Å². The Morgan fingerprint density at radius 3 is 2.68 bits per heavy atom. The Kier molecular flexibility index (Phi) is 6.61. The summed E-state index contributed by atoms with van der Waals surface area (Å²) in [5.74, 6) is 0.